The van der Waals surface area contributed by atoms with E-state index < -0.39 is 0 Å². The van der Waals surface area contributed by atoms with Crippen LogP contribution in [-0.4, -0.2) is 37.0 Å². The zero-order valence-electron chi connectivity index (χ0n) is 13.2. The highest BCUT2D eigenvalue weighted by Crippen LogP contribution is 2.62. The Balaban J connectivity index is 1.62. The Morgan fingerprint density at radius 2 is 2.05 bits per heavy atom. The number of hydrogen-bond donors (Lipinski definition) is 2. The van der Waals surface area contributed by atoms with Crippen molar-refractivity contribution in [3.05, 3.63) is 0 Å². The highest BCUT2D eigenvalue weighted by molar-refractivity contribution is 5.18. The predicted octanol–water partition coefficient (Wildman–Crippen LogP) is 2.72. The molecule has 116 valence electrons. The van der Waals surface area contributed by atoms with Gasteiger partial charge in [-0.2, -0.15) is 0 Å². The molecule has 1 aliphatic heterocycles. The molecule has 2 aliphatic carbocycles. The van der Waals surface area contributed by atoms with E-state index in [9.17, 15) is 5.11 Å². The second-order valence-electron chi connectivity index (χ2n) is 7.37. The van der Waals surface area contributed by atoms with Crippen LogP contribution in [-0.2, 0) is 4.74 Å². The Morgan fingerprint density at radius 3 is 2.60 bits per heavy atom. The molecular weight excluding hydrogens is 250 g/mol. The number of nitrogens with one attached hydrogen (secondary N) is 1. The first-order valence-electron chi connectivity index (χ1n) is 8.67. The van der Waals surface area contributed by atoms with Crippen molar-refractivity contribution in [1.29, 1.82) is 0 Å². The van der Waals surface area contributed by atoms with E-state index in [1.165, 1.54) is 25.7 Å². The quantitative estimate of drug-likeness (QED) is 0.754. The minimum absolute atomic E-state index is 0.282. The summed E-state index contributed by atoms with van der Waals surface area (Å²) in [7, 11) is 0. The van der Waals surface area contributed by atoms with E-state index in [0.29, 0.717) is 24.2 Å². The SMILES string of the molecule is CCC(CC)(CCO)CNC1C2CCOC2C12CCC2. The summed E-state index contributed by atoms with van der Waals surface area (Å²) in [6.07, 6.45) is 9.14. The Labute approximate surface area is 123 Å². The Morgan fingerprint density at radius 1 is 1.30 bits per heavy atom. The molecule has 3 aliphatic rings. The van der Waals surface area contributed by atoms with E-state index in [4.69, 9.17) is 4.74 Å². The fourth-order valence-electron chi connectivity index (χ4n) is 5.07. The summed E-state index contributed by atoms with van der Waals surface area (Å²) in [5.41, 5.74) is 0.762. The highest BCUT2D eigenvalue weighted by atomic mass is 16.5. The molecule has 1 saturated heterocycles. The molecule has 0 aromatic heterocycles. The topological polar surface area (TPSA) is 41.5 Å². The van der Waals surface area contributed by atoms with E-state index in [2.05, 4.69) is 19.2 Å². The summed E-state index contributed by atoms with van der Waals surface area (Å²) in [6, 6.07) is 0.680. The molecule has 3 fully saturated rings. The Kier molecular flexibility index (Phi) is 4.13. The molecule has 3 unspecified atom stereocenters. The van der Waals surface area contributed by atoms with Crippen LogP contribution in [0.1, 0.15) is 58.8 Å². The molecule has 0 radical (unpaired) electrons. The molecule has 0 aromatic carbocycles. The molecule has 0 aromatic rings. The summed E-state index contributed by atoms with van der Waals surface area (Å²) in [4.78, 5) is 0. The van der Waals surface area contributed by atoms with Crippen molar-refractivity contribution in [3.63, 3.8) is 0 Å². The van der Waals surface area contributed by atoms with Gasteiger partial charge in [-0.3, -0.25) is 0 Å². The van der Waals surface area contributed by atoms with Crippen molar-refractivity contribution in [3.8, 4) is 0 Å². The number of hydrogen-bond acceptors (Lipinski definition) is 3. The van der Waals surface area contributed by atoms with Crippen molar-refractivity contribution in [2.75, 3.05) is 19.8 Å². The van der Waals surface area contributed by atoms with E-state index >= 15 is 0 Å². The summed E-state index contributed by atoms with van der Waals surface area (Å²) < 4.78 is 5.99. The third kappa shape index (κ3) is 2.05. The van der Waals surface area contributed by atoms with Crippen LogP contribution in [0.4, 0.5) is 0 Å². The molecule has 3 atom stereocenters. The lowest BCUT2D eigenvalue weighted by molar-refractivity contribution is -0.177. The first kappa shape index (κ1) is 14.8. The third-order valence-electron chi connectivity index (χ3n) is 6.88. The van der Waals surface area contributed by atoms with Gasteiger partial charge < -0.3 is 15.2 Å². The van der Waals surface area contributed by atoms with Crippen LogP contribution in [0.2, 0.25) is 0 Å². The van der Waals surface area contributed by atoms with Gasteiger partial charge in [0.25, 0.3) is 0 Å². The molecule has 0 bridgehead atoms. The molecule has 3 nitrogen and oxygen atoms in total. The number of rotatable bonds is 7. The smallest absolute Gasteiger partial charge is 0.0690 e. The van der Waals surface area contributed by atoms with Gasteiger partial charge in [0.1, 0.15) is 0 Å². The summed E-state index contributed by atoms with van der Waals surface area (Å²) in [6.45, 7) is 6.88. The van der Waals surface area contributed by atoms with Crippen LogP contribution in [0.15, 0.2) is 0 Å². The minimum Gasteiger partial charge on any atom is -0.396 e. The van der Waals surface area contributed by atoms with Crippen LogP contribution in [0.25, 0.3) is 0 Å². The maximum atomic E-state index is 9.36. The number of fused-ring (bicyclic) bond motifs is 2. The maximum absolute atomic E-state index is 9.36. The number of aliphatic hydroxyl groups is 1. The lowest BCUT2D eigenvalue weighted by atomic mass is 9.46. The number of aliphatic hydroxyl groups excluding tert-OH is 1. The van der Waals surface area contributed by atoms with E-state index in [-0.39, 0.29) is 5.41 Å². The third-order valence-corrected chi connectivity index (χ3v) is 6.88. The molecule has 2 saturated carbocycles. The lowest BCUT2D eigenvalue weighted by Crippen LogP contribution is -2.71. The Bertz CT molecular complexity index is 336. The van der Waals surface area contributed by atoms with Gasteiger partial charge in [0, 0.05) is 37.1 Å². The van der Waals surface area contributed by atoms with Crippen molar-refractivity contribution < 1.29 is 9.84 Å². The molecule has 3 heteroatoms. The monoisotopic (exact) mass is 281 g/mol. The van der Waals surface area contributed by atoms with Gasteiger partial charge in [-0.25, -0.2) is 0 Å². The van der Waals surface area contributed by atoms with Crippen LogP contribution < -0.4 is 5.32 Å². The molecule has 1 heterocycles. The lowest BCUT2D eigenvalue weighted by Gasteiger charge is -2.64. The van der Waals surface area contributed by atoms with Crippen molar-refractivity contribution in [1.82, 2.24) is 5.32 Å². The van der Waals surface area contributed by atoms with Gasteiger partial charge in [0.15, 0.2) is 0 Å². The van der Waals surface area contributed by atoms with Crippen LogP contribution in [0.3, 0.4) is 0 Å². The normalized spacial score (nSPS) is 34.6. The van der Waals surface area contributed by atoms with Gasteiger partial charge in [-0.05, 0) is 43.9 Å². The summed E-state index contributed by atoms with van der Waals surface area (Å²) in [5.74, 6) is 0.760. The van der Waals surface area contributed by atoms with Crippen molar-refractivity contribution in [2.24, 2.45) is 16.7 Å². The molecule has 20 heavy (non-hydrogen) atoms. The zero-order chi connectivity index (χ0) is 14.2. The average molecular weight is 281 g/mol. The van der Waals surface area contributed by atoms with E-state index in [1.54, 1.807) is 0 Å². The standard InChI is InChI=1S/C17H31NO2/c1-3-16(4-2,9-10-19)12-18-14-13-6-11-20-15(13)17(14)7-5-8-17/h13-15,18-19H,3-12H2,1-2H3. The van der Waals surface area contributed by atoms with Gasteiger partial charge in [-0.15, -0.1) is 0 Å². The largest absolute Gasteiger partial charge is 0.396 e. The maximum Gasteiger partial charge on any atom is 0.0690 e. The highest BCUT2D eigenvalue weighted by Gasteiger charge is 2.66. The van der Waals surface area contributed by atoms with Gasteiger partial charge in [0.05, 0.1) is 6.10 Å². The number of ether oxygens (including phenoxy) is 1. The van der Waals surface area contributed by atoms with Crippen LogP contribution in [0.5, 0.6) is 0 Å². The summed E-state index contributed by atoms with van der Waals surface area (Å²) >= 11 is 0. The van der Waals surface area contributed by atoms with Gasteiger partial charge >= 0.3 is 0 Å². The van der Waals surface area contributed by atoms with Gasteiger partial charge in [0.2, 0.25) is 0 Å². The molecular formula is C17H31NO2. The van der Waals surface area contributed by atoms with Crippen LogP contribution >= 0.6 is 0 Å². The minimum atomic E-state index is 0.282. The van der Waals surface area contributed by atoms with Crippen molar-refractivity contribution >= 4 is 0 Å². The summed E-state index contributed by atoms with van der Waals surface area (Å²) in [5, 5.41) is 13.3. The van der Waals surface area contributed by atoms with E-state index in [0.717, 1.165) is 38.3 Å². The second kappa shape index (κ2) is 5.58. The fraction of sp³-hybridized carbons (Fsp3) is 1.00. The molecule has 1 spiro atoms. The molecule has 3 rings (SSSR count). The Hall–Kier alpha value is -0.120. The van der Waals surface area contributed by atoms with E-state index in [1.807, 2.05) is 0 Å². The first-order valence-corrected chi connectivity index (χ1v) is 8.67. The predicted molar refractivity (Wildman–Crippen MR) is 80.6 cm³/mol. The van der Waals surface area contributed by atoms with Crippen LogP contribution in [0, 0.1) is 16.7 Å². The van der Waals surface area contributed by atoms with Crippen molar-refractivity contribution in [2.45, 2.75) is 70.9 Å². The van der Waals surface area contributed by atoms with Gasteiger partial charge in [-0.1, -0.05) is 20.3 Å². The second-order valence-corrected chi connectivity index (χ2v) is 7.37. The molecule has 2 N–H and O–H groups in total. The zero-order valence-corrected chi connectivity index (χ0v) is 13.2. The average Bonchev–Trinajstić information content (AvgIpc) is 2.81. The molecule has 0 amide bonds. The fourth-order valence-corrected chi connectivity index (χ4v) is 5.07. The first-order chi connectivity index (χ1) is 9.71.